The minimum absolute atomic E-state index is 0.0126. The molecule has 0 unspecified atom stereocenters. The molecule has 2 amide bonds. The topological polar surface area (TPSA) is 136 Å². The van der Waals surface area contributed by atoms with Crippen LogP contribution < -0.4 is 15.8 Å². The number of rotatable bonds is 10. The molecule has 3 aromatic carbocycles. The van der Waals surface area contributed by atoms with Gasteiger partial charge in [-0.3, -0.25) is 9.59 Å². The van der Waals surface area contributed by atoms with Gasteiger partial charge >= 0.3 is 5.97 Å². The van der Waals surface area contributed by atoms with Gasteiger partial charge in [0.2, 0.25) is 0 Å². The van der Waals surface area contributed by atoms with E-state index in [4.69, 9.17) is 15.2 Å². The first-order valence-electron chi connectivity index (χ1n) is 11.7. The largest absolute Gasteiger partial charge is 0.482 e. The molecular formula is C28H26N4O5. The third kappa shape index (κ3) is 6.61. The number of anilines is 1. The zero-order valence-corrected chi connectivity index (χ0v) is 20.2. The number of ether oxygens (including phenoxy) is 2. The van der Waals surface area contributed by atoms with Gasteiger partial charge in [-0.2, -0.15) is 0 Å². The first-order valence-corrected chi connectivity index (χ1v) is 11.7. The van der Waals surface area contributed by atoms with Crippen molar-refractivity contribution in [3.8, 4) is 16.9 Å². The summed E-state index contributed by atoms with van der Waals surface area (Å²) in [5, 5.41) is 2.67. The lowest BCUT2D eigenvalue weighted by Crippen LogP contribution is -2.18. The van der Waals surface area contributed by atoms with Gasteiger partial charge in [0.25, 0.3) is 11.8 Å². The monoisotopic (exact) mass is 498 g/mol. The predicted molar refractivity (Wildman–Crippen MR) is 138 cm³/mol. The number of nitrogens with zero attached hydrogens (tertiary/aromatic N) is 1. The molecule has 0 atom stereocenters. The molecule has 37 heavy (non-hydrogen) atoms. The second-order valence-corrected chi connectivity index (χ2v) is 8.08. The third-order valence-corrected chi connectivity index (χ3v) is 5.44. The van der Waals surface area contributed by atoms with Gasteiger partial charge in [-0.15, -0.1) is 0 Å². The van der Waals surface area contributed by atoms with Crippen LogP contribution >= 0.6 is 0 Å². The fourth-order valence-electron chi connectivity index (χ4n) is 3.64. The van der Waals surface area contributed by atoms with Crippen LogP contribution in [0.1, 0.15) is 39.2 Å². The van der Waals surface area contributed by atoms with Crippen LogP contribution in [0.25, 0.3) is 11.1 Å². The van der Waals surface area contributed by atoms with Gasteiger partial charge in [0, 0.05) is 12.0 Å². The predicted octanol–water partition coefficient (Wildman–Crippen LogP) is 3.96. The summed E-state index contributed by atoms with van der Waals surface area (Å²) in [6, 6.07) is 24.0. The number of aromatic nitrogens is 2. The normalized spacial score (nSPS) is 10.5. The van der Waals surface area contributed by atoms with Crippen LogP contribution in [-0.2, 0) is 16.0 Å². The Balaban J connectivity index is 1.42. The van der Waals surface area contributed by atoms with Crippen LogP contribution in [-0.4, -0.2) is 41.0 Å². The SMILES string of the molecule is CCOC(=O)COc1ccc(Cc2nc(NC(=O)c3ccc(-c4ccccc4)cc3)c(C(N)=O)[nH]2)cc1. The van der Waals surface area contributed by atoms with Crippen LogP contribution in [0.2, 0.25) is 0 Å². The van der Waals surface area contributed by atoms with Crippen LogP contribution in [0, 0.1) is 0 Å². The quantitative estimate of drug-likeness (QED) is 0.283. The number of nitrogens with two attached hydrogens (primary N) is 1. The molecule has 0 bridgehead atoms. The van der Waals surface area contributed by atoms with Crippen molar-refractivity contribution in [2.24, 2.45) is 5.73 Å². The number of benzene rings is 3. The summed E-state index contributed by atoms with van der Waals surface area (Å²) in [6.45, 7) is 1.84. The number of amides is 2. The summed E-state index contributed by atoms with van der Waals surface area (Å²) < 4.78 is 10.2. The van der Waals surface area contributed by atoms with Crippen molar-refractivity contribution in [3.63, 3.8) is 0 Å². The van der Waals surface area contributed by atoms with E-state index in [-0.39, 0.29) is 18.1 Å². The highest BCUT2D eigenvalue weighted by atomic mass is 16.6. The fourth-order valence-corrected chi connectivity index (χ4v) is 3.64. The molecule has 1 heterocycles. The van der Waals surface area contributed by atoms with E-state index in [0.717, 1.165) is 16.7 Å². The van der Waals surface area contributed by atoms with Gasteiger partial charge < -0.3 is 25.5 Å². The number of H-pyrrole nitrogens is 1. The second kappa shape index (κ2) is 11.7. The Hall–Kier alpha value is -4.92. The average molecular weight is 499 g/mol. The van der Waals surface area contributed by atoms with Crippen molar-refractivity contribution < 1.29 is 23.9 Å². The first-order chi connectivity index (χ1) is 17.9. The van der Waals surface area contributed by atoms with Crippen LogP contribution in [0.5, 0.6) is 5.75 Å². The van der Waals surface area contributed by atoms with E-state index in [1.165, 1.54) is 0 Å². The standard InChI is InChI=1S/C28H26N4O5/c1-2-36-24(33)17-37-22-14-8-18(9-15-22)16-23-30-25(26(29)34)27(31-23)32-28(35)21-12-10-20(11-13-21)19-6-4-3-5-7-19/h3-15H,2,16-17H2,1H3,(H2,29,34)(H,30,31)(H,32,35). The lowest BCUT2D eigenvalue weighted by Gasteiger charge is -2.06. The third-order valence-electron chi connectivity index (χ3n) is 5.44. The molecule has 4 N–H and O–H groups in total. The molecule has 0 aliphatic heterocycles. The lowest BCUT2D eigenvalue weighted by molar-refractivity contribution is -0.145. The maximum Gasteiger partial charge on any atom is 0.344 e. The van der Waals surface area contributed by atoms with Gasteiger partial charge in [-0.25, -0.2) is 9.78 Å². The van der Waals surface area contributed by atoms with E-state index >= 15 is 0 Å². The maximum absolute atomic E-state index is 12.8. The summed E-state index contributed by atoms with van der Waals surface area (Å²) in [6.07, 6.45) is 0.347. The van der Waals surface area contributed by atoms with Gasteiger partial charge in [-0.05, 0) is 47.9 Å². The molecule has 4 rings (SSSR count). The number of hydrogen-bond donors (Lipinski definition) is 3. The first kappa shape index (κ1) is 25.2. The molecule has 9 nitrogen and oxygen atoms in total. The number of aromatic amines is 1. The van der Waals surface area contributed by atoms with Gasteiger partial charge in [-0.1, -0.05) is 54.6 Å². The Morgan fingerprint density at radius 2 is 1.59 bits per heavy atom. The maximum atomic E-state index is 12.8. The number of imidazole rings is 1. The molecular weight excluding hydrogens is 472 g/mol. The smallest absolute Gasteiger partial charge is 0.344 e. The molecule has 0 saturated heterocycles. The van der Waals surface area contributed by atoms with E-state index in [0.29, 0.717) is 30.2 Å². The Morgan fingerprint density at radius 1 is 0.919 bits per heavy atom. The zero-order chi connectivity index (χ0) is 26.2. The number of nitrogens with one attached hydrogen (secondary N) is 2. The molecule has 0 aliphatic rings. The summed E-state index contributed by atoms with van der Waals surface area (Å²) in [5.74, 6) is -0.569. The van der Waals surface area contributed by atoms with E-state index in [2.05, 4.69) is 15.3 Å². The molecule has 188 valence electrons. The van der Waals surface area contributed by atoms with E-state index < -0.39 is 17.8 Å². The number of hydrogen-bond acceptors (Lipinski definition) is 6. The number of carbonyl (C=O) groups is 3. The Morgan fingerprint density at radius 3 is 2.24 bits per heavy atom. The summed E-state index contributed by atoms with van der Waals surface area (Å²) in [7, 11) is 0. The summed E-state index contributed by atoms with van der Waals surface area (Å²) >= 11 is 0. The molecule has 4 aromatic rings. The number of primary amides is 1. The van der Waals surface area contributed by atoms with E-state index in [1.54, 1.807) is 43.3 Å². The minimum Gasteiger partial charge on any atom is -0.482 e. The van der Waals surface area contributed by atoms with Crippen molar-refractivity contribution in [1.82, 2.24) is 9.97 Å². The molecule has 9 heteroatoms. The summed E-state index contributed by atoms with van der Waals surface area (Å²) in [5.41, 5.74) is 8.82. The highest BCUT2D eigenvalue weighted by molar-refractivity contribution is 6.07. The molecule has 0 saturated carbocycles. The van der Waals surface area contributed by atoms with Gasteiger partial charge in [0.15, 0.2) is 12.4 Å². The van der Waals surface area contributed by atoms with Crippen molar-refractivity contribution in [3.05, 3.63) is 102 Å². The summed E-state index contributed by atoms with van der Waals surface area (Å²) in [4.78, 5) is 43.5. The highest BCUT2D eigenvalue weighted by Gasteiger charge is 2.18. The van der Waals surface area contributed by atoms with Crippen LogP contribution in [0.4, 0.5) is 5.82 Å². The van der Waals surface area contributed by atoms with Crippen molar-refractivity contribution in [2.75, 3.05) is 18.5 Å². The van der Waals surface area contributed by atoms with Gasteiger partial charge in [0.05, 0.1) is 6.61 Å². The molecule has 0 radical (unpaired) electrons. The average Bonchev–Trinajstić information content (AvgIpc) is 3.31. The molecule has 0 aliphatic carbocycles. The molecule has 0 fully saturated rings. The van der Waals surface area contributed by atoms with E-state index in [1.807, 2.05) is 42.5 Å². The Kier molecular flexibility index (Phi) is 7.95. The van der Waals surface area contributed by atoms with Crippen LogP contribution in [0.15, 0.2) is 78.9 Å². The van der Waals surface area contributed by atoms with Crippen LogP contribution in [0.3, 0.4) is 0 Å². The second-order valence-electron chi connectivity index (χ2n) is 8.08. The van der Waals surface area contributed by atoms with Gasteiger partial charge in [0.1, 0.15) is 17.3 Å². The minimum atomic E-state index is -0.740. The van der Waals surface area contributed by atoms with E-state index in [9.17, 15) is 14.4 Å². The van der Waals surface area contributed by atoms with Crippen molar-refractivity contribution in [1.29, 1.82) is 0 Å². The molecule has 1 aromatic heterocycles. The Bertz CT molecular complexity index is 1380. The van der Waals surface area contributed by atoms with Crippen molar-refractivity contribution >= 4 is 23.6 Å². The highest BCUT2D eigenvalue weighted by Crippen LogP contribution is 2.21. The number of esters is 1. The molecule has 0 spiro atoms. The zero-order valence-electron chi connectivity index (χ0n) is 20.2. The Labute approximate surface area is 213 Å². The fraction of sp³-hybridized carbons (Fsp3) is 0.143. The van der Waals surface area contributed by atoms with Crippen molar-refractivity contribution in [2.45, 2.75) is 13.3 Å². The number of carbonyl (C=O) groups excluding carboxylic acids is 3. The lowest BCUT2D eigenvalue weighted by atomic mass is 10.0.